The van der Waals surface area contributed by atoms with Gasteiger partial charge in [0.1, 0.15) is 17.8 Å². The van der Waals surface area contributed by atoms with Crippen LogP contribution in [0.4, 0.5) is 0 Å². The van der Waals surface area contributed by atoms with E-state index in [0.29, 0.717) is 12.3 Å². The van der Waals surface area contributed by atoms with Crippen LogP contribution in [0.1, 0.15) is 45.4 Å². The minimum Gasteiger partial charge on any atom is -0.370 e. The van der Waals surface area contributed by atoms with E-state index in [-0.39, 0.29) is 5.78 Å². The van der Waals surface area contributed by atoms with E-state index in [9.17, 15) is 4.79 Å². The lowest BCUT2D eigenvalue weighted by Crippen LogP contribution is -2.39. The standard InChI is InChI=1S/C14H23N3O2/c1-11(2)9-17-13(15-10-16-17)8-12(18)14(19-3)6-4-5-7-14/h10-11H,4-9H2,1-3H3. The van der Waals surface area contributed by atoms with Crippen LogP contribution in [0.2, 0.25) is 0 Å². The molecule has 5 nitrogen and oxygen atoms in total. The highest BCUT2D eigenvalue weighted by atomic mass is 16.5. The Balaban J connectivity index is 2.08. The van der Waals surface area contributed by atoms with Gasteiger partial charge in [0.05, 0.1) is 6.42 Å². The van der Waals surface area contributed by atoms with Crippen molar-refractivity contribution in [3.8, 4) is 0 Å². The molecule has 5 heteroatoms. The molecule has 1 aliphatic rings. The van der Waals surface area contributed by atoms with Crippen molar-refractivity contribution in [2.45, 2.75) is 58.1 Å². The first-order valence-corrected chi connectivity index (χ1v) is 7.02. The van der Waals surface area contributed by atoms with E-state index in [4.69, 9.17) is 4.74 Å². The van der Waals surface area contributed by atoms with Crippen LogP contribution in [0, 0.1) is 5.92 Å². The molecule has 106 valence electrons. The number of hydrogen-bond donors (Lipinski definition) is 0. The van der Waals surface area contributed by atoms with Gasteiger partial charge in [0.25, 0.3) is 0 Å². The number of hydrogen-bond acceptors (Lipinski definition) is 4. The van der Waals surface area contributed by atoms with Crippen molar-refractivity contribution < 1.29 is 9.53 Å². The summed E-state index contributed by atoms with van der Waals surface area (Å²) in [7, 11) is 1.64. The molecular formula is C14H23N3O2. The number of Topliss-reactive ketones (excluding diaryl/α,β-unsaturated/α-hetero) is 1. The smallest absolute Gasteiger partial charge is 0.172 e. The first kappa shape index (κ1) is 14.2. The molecule has 0 amide bonds. The summed E-state index contributed by atoms with van der Waals surface area (Å²) in [6.45, 7) is 5.05. The lowest BCUT2D eigenvalue weighted by molar-refractivity contribution is -0.139. The van der Waals surface area contributed by atoms with Crippen molar-refractivity contribution in [2.24, 2.45) is 5.92 Å². The van der Waals surface area contributed by atoms with E-state index in [1.54, 1.807) is 7.11 Å². The van der Waals surface area contributed by atoms with E-state index in [1.165, 1.54) is 6.33 Å². The molecular weight excluding hydrogens is 242 g/mol. The molecule has 0 radical (unpaired) electrons. The Morgan fingerprint density at radius 3 is 2.74 bits per heavy atom. The summed E-state index contributed by atoms with van der Waals surface area (Å²) in [6, 6.07) is 0. The molecule has 1 aromatic rings. The highest BCUT2D eigenvalue weighted by molar-refractivity contribution is 5.89. The summed E-state index contributed by atoms with van der Waals surface area (Å²) in [6.07, 6.45) is 5.65. The second kappa shape index (κ2) is 5.82. The number of carbonyl (C=O) groups is 1. The van der Waals surface area contributed by atoms with Gasteiger partial charge in [0.2, 0.25) is 0 Å². The molecule has 0 atom stereocenters. The Kier molecular flexibility index (Phi) is 4.34. The molecule has 0 spiro atoms. The van der Waals surface area contributed by atoms with Crippen molar-refractivity contribution in [3.63, 3.8) is 0 Å². The molecule has 0 unspecified atom stereocenters. The van der Waals surface area contributed by atoms with Gasteiger partial charge in [-0.25, -0.2) is 9.67 Å². The Labute approximate surface area is 114 Å². The van der Waals surface area contributed by atoms with Crippen LogP contribution in [-0.4, -0.2) is 33.3 Å². The van der Waals surface area contributed by atoms with Gasteiger partial charge in [-0.05, 0) is 31.6 Å². The number of ether oxygens (including phenoxy) is 1. The van der Waals surface area contributed by atoms with Crippen molar-refractivity contribution in [1.82, 2.24) is 14.8 Å². The maximum absolute atomic E-state index is 12.5. The third kappa shape index (κ3) is 3.03. The first-order valence-electron chi connectivity index (χ1n) is 7.02. The summed E-state index contributed by atoms with van der Waals surface area (Å²) in [5.41, 5.74) is -0.575. The van der Waals surface area contributed by atoms with E-state index in [1.807, 2.05) is 4.68 Å². The second-order valence-corrected chi connectivity index (χ2v) is 5.76. The number of methoxy groups -OCH3 is 1. The maximum Gasteiger partial charge on any atom is 0.172 e. The van der Waals surface area contributed by atoms with E-state index in [2.05, 4.69) is 23.9 Å². The SMILES string of the molecule is COC1(C(=O)Cc2ncnn2CC(C)C)CCCC1. The van der Waals surface area contributed by atoms with Crippen LogP contribution < -0.4 is 0 Å². The predicted molar refractivity (Wildman–Crippen MR) is 71.8 cm³/mol. The van der Waals surface area contributed by atoms with E-state index >= 15 is 0 Å². The van der Waals surface area contributed by atoms with Gasteiger partial charge in [-0.3, -0.25) is 4.79 Å². The van der Waals surface area contributed by atoms with Gasteiger partial charge < -0.3 is 4.74 Å². The van der Waals surface area contributed by atoms with Gasteiger partial charge in [-0.2, -0.15) is 5.10 Å². The Morgan fingerprint density at radius 1 is 1.47 bits per heavy atom. The zero-order valence-corrected chi connectivity index (χ0v) is 12.1. The number of carbonyl (C=O) groups excluding carboxylic acids is 1. The first-order chi connectivity index (χ1) is 9.07. The molecule has 1 saturated carbocycles. The van der Waals surface area contributed by atoms with Gasteiger partial charge in [-0.1, -0.05) is 13.8 Å². The fraction of sp³-hybridized carbons (Fsp3) is 0.786. The summed E-state index contributed by atoms with van der Waals surface area (Å²) in [4.78, 5) is 16.7. The summed E-state index contributed by atoms with van der Waals surface area (Å²) in [5.74, 6) is 1.38. The van der Waals surface area contributed by atoms with Crippen LogP contribution in [0.25, 0.3) is 0 Å². The van der Waals surface area contributed by atoms with Crippen LogP contribution in [-0.2, 0) is 22.5 Å². The van der Waals surface area contributed by atoms with Gasteiger partial charge in [0.15, 0.2) is 5.78 Å². The van der Waals surface area contributed by atoms with E-state index in [0.717, 1.165) is 38.1 Å². The van der Waals surface area contributed by atoms with Crippen LogP contribution in [0.3, 0.4) is 0 Å². The maximum atomic E-state index is 12.5. The molecule has 0 aromatic carbocycles. The second-order valence-electron chi connectivity index (χ2n) is 5.76. The Morgan fingerprint density at radius 2 is 2.16 bits per heavy atom. The van der Waals surface area contributed by atoms with Crippen LogP contribution in [0.15, 0.2) is 6.33 Å². The van der Waals surface area contributed by atoms with Crippen molar-refractivity contribution in [2.75, 3.05) is 7.11 Å². The molecule has 1 fully saturated rings. The normalized spacial score (nSPS) is 18.1. The molecule has 0 saturated heterocycles. The Hall–Kier alpha value is -1.23. The molecule has 1 aromatic heterocycles. The van der Waals surface area contributed by atoms with Gasteiger partial charge in [-0.15, -0.1) is 0 Å². The van der Waals surface area contributed by atoms with Gasteiger partial charge >= 0.3 is 0 Å². The average molecular weight is 265 g/mol. The lowest BCUT2D eigenvalue weighted by atomic mass is 9.93. The topological polar surface area (TPSA) is 57.0 Å². The molecule has 1 heterocycles. The van der Waals surface area contributed by atoms with Gasteiger partial charge in [0, 0.05) is 13.7 Å². The summed E-state index contributed by atoms with van der Waals surface area (Å²) >= 11 is 0. The average Bonchev–Trinajstić information content (AvgIpc) is 2.99. The predicted octanol–water partition coefficient (Wildman–Crippen LogP) is 2.00. The monoisotopic (exact) mass is 265 g/mol. The third-order valence-corrected chi connectivity index (χ3v) is 3.86. The van der Waals surface area contributed by atoms with E-state index < -0.39 is 5.60 Å². The van der Waals surface area contributed by atoms with Crippen LogP contribution in [0.5, 0.6) is 0 Å². The third-order valence-electron chi connectivity index (χ3n) is 3.86. The zero-order chi connectivity index (χ0) is 13.9. The van der Waals surface area contributed by atoms with Crippen molar-refractivity contribution in [1.29, 1.82) is 0 Å². The summed E-state index contributed by atoms with van der Waals surface area (Å²) in [5, 5.41) is 4.20. The number of aromatic nitrogens is 3. The molecule has 2 rings (SSSR count). The molecule has 0 N–H and O–H groups in total. The Bertz CT molecular complexity index is 434. The summed E-state index contributed by atoms with van der Waals surface area (Å²) < 4.78 is 7.36. The molecule has 0 bridgehead atoms. The molecule has 19 heavy (non-hydrogen) atoms. The fourth-order valence-corrected chi connectivity index (χ4v) is 2.77. The lowest BCUT2D eigenvalue weighted by Gasteiger charge is -2.25. The highest BCUT2D eigenvalue weighted by Crippen LogP contribution is 2.34. The number of ketones is 1. The minimum atomic E-state index is -0.575. The minimum absolute atomic E-state index is 0.144. The van der Waals surface area contributed by atoms with Crippen molar-refractivity contribution in [3.05, 3.63) is 12.2 Å². The molecule has 0 aliphatic heterocycles. The number of nitrogens with zero attached hydrogens (tertiary/aromatic N) is 3. The highest BCUT2D eigenvalue weighted by Gasteiger charge is 2.41. The zero-order valence-electron chi connectivity index (χ0n) is 12.1. The molecule has 1 aliphatic carbocycles. The van der Waals surface area contributed by atoms with Crippen molar-refractivity contribution >= 4 is 5.78 Å². The van der Waals surface area contributed by atoms with Crippen LogP contribution >= 0.6 is 0 Å². The quantitative estimate of drug-likeness (QED) is 0.789. The largest absolute Gasteiger partial charge is 0.370 e. The number of rotatable bonds is 6. The fourth-order valence-electron chi connectivity index (χ4n) is 2.77.